The molecule has 1 atom stereocenters. The third-order valence-electron chi connectivity index (χ3n) is 4.04. The Labute approximate surface area is 129 Å². The zero-order valence-electron chi connectivity index (χ0n) is 13.6. The Bertz CT molecular complexity index is 387. The van der Waals surface area contributed by atoms with Crippen molar-refractivity contribution in [3.63, 3.8) is 0 Å². The van der Waals surface area contributed by atoms with Gasteiger partial charge in [0.25, 0.3) is 0 Å². The largest absolute Gasteiger partial charge is 0.372 e. The van der Waals surface area contributed by atoms with E-state index >= 15 is 0 Å². The van der Waals surface area contributed by atoms with Gasteiger partial charge in [0, 0.05) is 18.8 Å². The molecule has 3 nitrogen and oxygen atoms in total. The van der Waals surface area contributed by atoms with Crippen molar-refractivity contribution >= 4 is 0 Å². The minimum absolute atomic E-state index is 0.333. The number of rotatable bonds is 11. The van der Waals surface area contributed by atoms with Crippen molar-refractivity contribution in [2.45, 2.75) is 84.1 Å². The number of nitrogens with one attached hydrogen (secondary N) is 1. The van der Waals surface area contributed by atoms with Crippen LogP contribution in [0.15, 0.2) is 18.3 Å². The van der Waals surface area contributed by atoms with Gasteiger partial charge in [-0.1, -0.05) is 38.7 Å². The summed E-state index contributed by atoms with van der Waals surface area (Å²) >= 11 is 0. The first-order chi connectivity index (χ1) is 10.3. The molecule has 0 bridgehead atoms. The first-order valence-corrected chi connectivity index (χ1v) is 8.56. The van der Waals surface area contributed by atoms with Gasteiger partial charge < -0.3 is 10.1 Å². The predicted octanol–water partition coefficient (Wildman–Crippen LogP) is 4.21. The van der Waals surface area contributed by atoms with Crippen LogP contribution in [-0.2, 0) is 17.9 Å². The van der Waals surface area contributed by atoms with Crippen LogP contribution in [0.25, 0.3) is 0 Å². The maximum atomic E-state index is 5.88. The third-order valence-corrected chi connectivity index (χ3v) is 4.04. The fourth-order valence-corrected chi connectivity index (χ4v) is 2.36. The molecule has 2 rings (SSSR count). The molecule has 0 saturated heterocycles. The van der Waals surface area contributed by atoms with Gasteiger partial charge in [-0.25, -0.2) is 0 Å². The van der Waals surface area contributed by atoms with Gasteiger partial charge in [-0.15, -0.1) is 0 Å². The number of aromatic nitrogens is 1. The Kier molecular flexibility index (Phi) is 7.17. The Balaban J connectivity index is 1.60. The summed E-state index contributed by atoms with van der Waals surface area (Å²) in [7, 11) is 0. The van der Waals surface area contributed by atoms with Crippen LogP contribution >= 0.6 is 0 Å². The first kappa shape index (κ1) is 16.4. The van der Waals surface area contributed by atoms with E-state index in [0.717, 1.165) is 24.7 Å². The quantitative estimate of drug-likeness (QED) is 0.620. The standard InChI is InChI=1S/C18H30N2O/c1-3-4-5-6-7-15(2)21-14-18-9-8-16(13-20-18)12-19-17-10-11-17/h8-9,13,15,17,19H,3-7,10-12,14H2,1-2H3. The molecule has 1 aromatic rings. The fourth-order valence-electron chi connectivity index (χ4n) is 2.36. The molecule has 0 spiro atoms. The number of ether oxygens (including phenoxy) is 1. The van der Waals surface area contributed by atoms with E-state index in [0.29, 0.717) is 12.7 Å². The highest BCUT2D eigenvalue weighted by atomic mass is 16.5. The summed E-state index contributed by atoms with van der Waals surface area (Å²) in [5.74, 6) is 0. The summed E-state index contributed by atoms with van der Waals surface area (Å²) in [4.78, 5) is 4.49. The van der Waals surface area contributed by atoms with E-state index in [1.54, 1.807) is 0 Å². The van der Waals surface area contributed by atoms with E-state index < -0.39 is 0 Å². The SMILES string of the molecule is CCCCCCC(C)OCc1ccc(CNC2CC2)cn1. The van der Waals surface area contributed by atoms with Crippen LogP contribution in [0.4, 0.5) is 0 Å². The second kappa shape index (κ2) is 9.16. The lowest BCUT2D eigenvalue weighted by molar-refractivity contribution is 0.0440. The van der Waals surface area contributed by atoms with Gasteiger partial charge in [0.15, 0.2) is 0 Å². The molecule has 118 valence electrons. The van der Waals surface area contributed by atoms with E-state index in [4.69, 9.17) is 4.74 Å². The molecule has 1 N–H and O–H groups in total. The highest BCUT2D eigenvalue weighted by Gasteiger charge is 2.19. The number of hydrogen-bond donors (Lipinski definition) is 1. The molecule has 21 heavy (non-hydrogen) atoms. The Morgan fingerprint density at radius 1 is 1.29 bits per heavy atom. The van der Waals surface area contributed by atoms with Crippen LogP contribution in [0.5, 0.6) is 0 Å². The van der Waals surface area contributed by atoms with Crippen LogP contribution in [0, 0.1) is 0 Å². The lowest BCUT2D eigenvalue weighted by Gasteiger charge is -2.12. The topological polar surface area (TPSA) is 34.1 Å². The Morgan fingerprint density at radius 2 is 2.14 bits per heavy atom. The van der Waals surface area contributed by atoms with E-state index in [1.165, 1.54) is 44.1 Å². The number of unbranched alkanes of at least 4 members (excludes halogenated alkanes) is 3. The summed E-state index contributed by atoms with van der Waals surface area (Å²) in [6.45, 7) is 5.98. The number of hydrogen-bond acceptors (Lipinski definition) is 3. The second-order valence-corrected chi connectivity index (χ2v) is 6.28. The van der Waals surface area contributed by atoms with Gasteiger partial charge in [-0.3, -0.25) is 4.98 Å². The van der Waals surface area contributed by atoms with Crippen LogP contribution in [-0.4, -0.2) is 17.1 Å². The average molecular weight is 290 g/mol. The average Bonchev–Trinajstić information content (AvgIpc) is 3.33. The van der Waals surface area contributed by atoms with Crippen molar-refractivity contribution in [1.29, 1.82) is 0 Å². The highest BCUT2D eigenvalue weighted by molar-refractivity contribution is 5.13. The highest BCUT2D eigenvalue weighted by Crippen LogP contribution is 2.19. The van der Waals surface area contributed by atoms with Crippen molar-refractivity contribution in [2.75, 3.05) is 0 Å². The fraction of sp³-hybridized carbons (Fsp3) is 0.722. The summed E-state index contributed by atoms with van der Waals surface area (Å²) in [5.41, 5.74) is 2.30. The Morgan fingerprint density at radius 3 is 2.81 bits per heavy atom. The molecule has 3 heteroatoms. The molecule has 0 radical (unpaired) electrons. The van der Waals surface area contributed by atoms with Crippen molar-refractivity contribution in [3.8, 4) is 0 Å². The van der Waals surface area contributed by atoms with Gasteiger partial charge >= 0.3 is 0 Å². The van der Waals surface area contributed by atoms with Crippen molar-refractivity contribution < 1.29 is 4.74 Å². The minimum Gasteiger partial charge on any atom is -0.372 e. The summed E-state index contributed by atoms with van der Waals surface area (Å²) in [6, 6.07) is 5.00. The molecule has 1 aromatic heterocycles. The molecule has 1 saturated carbocycles. The lowest BCUT2D eigenvalue weighted by atomic mass is 10.1. The van der Waals surface area contributed by atoms with Gasteiger partial charge in [0.05, 0.1) is 18.4 Å². The lowest BCUT2D eigenvalue weighted by Crippen LogP contribution is -2.15. The van der Waals surface area contributed by atoms with Crippen LogP contribution in [0.3, 0.4) is 0 Å². The van der Waals surface area contributed by atoms with Gasteiger partial charge in [-0.05, 0) is 37.8 Å². The number of nitrogens with zero attached hydrogens (tertiary/aromatic N) is 1. The predicted molar refractivity (Wildman–Crippen MR) is 87.1 cm³/mol. The minimum atomic E-state index is 0.333. The molecular weight excluding hydrogens is 260 g/mol. The van der Waals surface area contributed by atoms with Crippen molar-refractivity contribution in [1.82, 2.24) is 10.3 Å². The normalized spacial score (nSPS) is 16.1. The summed E-state index contributed by atoms with van der Waals surface area (Å²) < 4.78 is 5.88. The Hall–Kier alpha value is -0.930. The van der Waals surface area contributed by atoms with E-state index in [2.05, 4.69) is 36.3 Å². The van der Waals surface area contributed by atoms with E-state index in [1.807, 2.05) is 6.20 Å². The number of pyridine rings is 1. The third kappa shape index (κ3) is 7.05. The van der Waals surface area contributed by atoms with E-state index in [-0.39, 0.29) is 0 Å². The maximum Gasteiger partial charge on any atom is 0.0891 e. The van der Waals surface area contributed by atoms with Crippen LogP contribution < -0.4 is 5.32 Å². The zero-order chi connectivity index (χ0) is 14.9. The molecule has 1 aliphatic carbocycles. The smallest absolute Gasteiger partial charge is 0.0891 e. The van der Waals surface area contributed by atoms with E-state index in [9.17, 15) is 0 Å². The second-order valence-electron chi connectivity index (χ2n) is 6.28. The molecule has 0 aromatic carbocycles. The summed E-state index contributed by atoms with van der Waals surface area (Å²) in [6.07, 6.45) is 11.3. The van der Waals surface area contributed by atoms with Gasteiger partial charge in [-0.2, -0.15) is 0 Å². The maximum absolute atomic E-state index is 5.88. The van der Waals surface area contributed by atoms with Gasteiger partial charge in [0.1, 0.15) is 0 Å². The zero-order valence-corrected chi connectivity index (χ0v) is 13.6. The van der Waals surface area contributed by atoms with Gasteiger partial charge in [0.2, 0.25) is 0 Å². The molecular formula is C18H30N2O. The van der Waals surface area contributed by atoms with Crippen molar-refractivity contribution in [2.24, 2.45) is 0 Å². The molecule has 0 aliphatic heterocycles. The molecule has 0 amide bonds. The molecule has 1 fully saturated rings. The molecule has 1 unspecified atom stereocenters. The van der Waals surface area contributed by atoms with Crippen molar-refractivity contribution in [3.05, 3.63) is 29.6 Å². The monoisotopic (exact) mass is 290 g/mol. The summed E-state index contributed by atoms with van der Waals surface area (Å²) in [5, 5.41) is 3.50. The van der Waals surface area contributed by atoms with Crippen LogP contribution in [0.2, 0.25) is 0 Å². The van der Waals surface area contributed by atoms with Crippen LogP contribution in [0.1, 0.15) is 70.1 Å². The molecule has 1 aliphatic rings. The molecule has 1 heterocycles. The first-order valence-electron chi connectivity index (χ1n) is 8.56.